The maximum absolute atomic E-state index is 12.0. The van der Waals surface area contributed by atoms with E-state index >= 15 is 0 Å². The molecule has 1 amide bonds. The van der Waals surface area contributed by atoms with Gasteiger partial charge in [0.15, 0.2) is 11.7 Å². The highest BCUT2D eigenvalue weighted by Gasteiger charge is 2.26. The number of furan rings is 1. The highest BCUT2D eigenvalue weighted by molar-refractivity contribution is 14.0. The van der Waals surface area contributed by atoms with Gasteiger partial charge in [0.25, 0.3) is 5.91 Å². The molecule has 0 spiro atoms. The van der Waals surface area contributed by atoms with Crippen LogP contribution in [0.2, 0.25) is 0 Å². The highest BCUT2D eigenvalue weighted by Crippen LogP contribution is 2.14. The molecule has 0 bridgehead atoms. The van der Waals surface area contributed by atoms with Crippen LogP contribution in [-0.2, 0) is 10.0 Å². The van der Waals surface area contributed by atoms with Crippen LogP contribution >= 0.6 is 24.0 Å². The van der Waals surface area contributed by atoms with Crippen molar-refractivity contribution in [1.29, 1.82) is 0 Å². The van der Waals surface area contributed by atoms with Gasteiger partial charge in [-0.05, 0) is 39.2 Å². The fourth-order valence-corrected chi connectivity index (χ4v) is 4.16. The average Bonchev–Trinajstić information content (AvgIpc) is 3.13. The number of nitrogens with zero attached hydrogens (tertiary/aromatic N) is 2. The van der Waals surface area contributed by atoms with E-state index in [1.54, 1.807) is 24.3 Å². The molecule has 0 aliphatic carbocycles. The zero-order chi connectivity index (χ0) is 20.6. The predicted octanol–water partition coefficient (Wildman–Crippen LogP) is 1.31. The van der Waals surface area contributed by atoms with E-state index in [1.807, 2.05) is 6.92 Å². The molecule has 166 valence electrons. The molecule has 11 heteroatoms. The molecule has 1 aliphatic heterocycles. The maximum atomic E-state index is 12.0. The third-order valence-corrected chi connectivity index (χ3v) is 6.66. The zero-order valence-electron chi connectivity index (χ0n) is 17.2. The van der Waals surface area contributed by atoms with Crippen molar-refractivity contribution in [2.45, 2.75) is 39.2 Å². The predicted molar refractivity (Wildman–Crippen MR) is 124 cm³/mol. The molecule has 0 radical (unpaired) electrons. The minimum atomic E-state index is -3.11. The lowest BCUT2D eigenvalue weighted by atomic mass is 10.1. The van der Waals surface area contributed by atoms with Crippen molar-refractivity contribution in [3.8, 4) is 0 Å². The van der Waals surface area contributed by atoms with Crippen LogP contribution in [0, 0.1) is 6.92 Å². The lowest BCUT2D eigenvalue weighted by Gasteiger charge is -2.32. The first-order chi connectivity index (χ1) is 13.4. The molecule has 1 aromatic rings. The van der Waals surface area contributed by atoms with E-state index < -0.39 is 10.0 Å². The second kappa shape index (κ2) is 12.4. The molecule has 1 aliphatic rings. The minimum Gasteiger partial charge on any atom is -0.459 e. The molecular formula is C18H32IN5O4S. The van der Waals surface area contributed by atoms with Crippen LogP contribution < -0.4 is 16.0 Å². The molecule has 0 atom stereocenters. The van der Waals surface area contributed by atoms with Crippen molar-refractivity contribution in [3.63, 3.8) is 0 Å². The molecule has 1 aromatic heterocycles. The summed E-state index contributed by atoms with van der Waals surface area (Å²) >= 11 is 0. The summed E-state index contributed by atoms with van der Waals surface area (Å²) in [5.41, 5.74) is 0.818. The summed E-state index contributed by atoms with van der Waals surface area (Å²) in [5, 5.41) is 9.39. The summed E-state index contributed by atoms with van der Waals surface area (Å²) < 4.78 is 30.6. The SMILES string of the molecule is CCS(=O)(=O)N1CCC(NC(=NC)NCCCNC(=O)c2occc2C)CC1.I. The van der Waals surface area contributed by atoms with Crippen LogP contribution in [0.25, 0.3) is 0 Å². The van der Waals surface area contributed by atoms with Gasteiger partial charge in [0.05, 0.1) is 12.0 Å². The van der Waals surface area contributed by atoms with Crippen molar-refractivity contribution in [1.82, 2.24) is 20.3 Å². The molecule has 2 heterocycles. The Morgan fingerprint density at radius 2 is 1.93 bits per heavy atom. The maximum Gasteiger partial charge on any atom is 0.287 e. The number of guanidine groups is 1. The second-order valence-electron chi connectivity index (χ2n) is 6.76. The fourth-order valence-electron chi connectivity index (χ4n) is 3.03. The Morgan fingerprint density at radius 1 is 1.28 bits per heavy atom. The number of piperidine rings is 1. The summed E-state index contributed by atoms with van der Waals surface area (Å²) in [6.07, 6.45) is 3.74. The first-order valence-electron chi connectivity index (χ1n) is 9.64. The summed E-state index contributed by atoms with van der Waals surface area (Å²) in [7, 11) is -1.41. The average molecular weight is 541 g/mol. The number of rotatable bonds is 8. The molecular weight excluding hydrogens is 509 g/mol. The Kier molecular flexibility index (Phi) is 11.0. The Bertz CT molecular complexity index is 773. The van der Waals surface area contributed by atoms with Crippen molar-refractivity contribution in [3.05, 3.63) is 23.7 Å². The number of sulfonamides is 1. The summed E-state index contributed by atoms with van der Waals surface area (Å²) in [5.74, 6) is 0.968. The van der Waals surface area contributed by atoms with Gasteiger partial charge in [-0.25, -0.2) is 12.7 Å². The first kappa shape index (κ1) is 25.7. The van der Waals surface area contributed by atoms with Crippen LogP contribution in [0.5, 0.6) is 0 Å². The van der Waals surface area contributed by atoms with E-state index in [1.165, 1.54) is 6.26 Å². The van der Waals surface area contributed by atoms with Crippen molar-refractivity contribution in [2.75, 3.05) is 39.0 Å². The quantitative estimate of drug-likeness (QED) is 0.198. The number of aryl methyl sites for hydroxylation is 1. The Balaban J connectivity index is 0.00000420. The van der Waals surface area contributed by atoms with Gasteiger partial charge in [0.2, 0.25) is 10.0 Å². The van der Waals surface area contributed by atoms with Crippen molar-refractivity contribution in [2.24, 2.45) is 4.99 Å². The number of amides is 1. The van der Waals surface area contributed by atoms with Crippen LogP contribution in [0.15, 0.2) is 21.7 Å². The van der Waals surface area contributed by atoms with E-state index in [0.717, 1.165) is 24.8 Å². The highest BCUT2D eigenvalue weighted by atomic mass is 127. The molecule has 0 aromatic carbocycles. The van der Waals surface area contributed by atoms with E-state index in [2.05, 4.69) is 20.9 Å². The van der Waals surface area contributed by atoms with Gasteiger partial charge in [0, 0.05) is 44.8 Å². The second-order valence-corrected chi connectivity index (χ2v) is 9.02. The number of halogens is 1. The van der Waals surface area contributed by atoms with Crippen LogP contribution in [0.3, 0.4) is 0 Å². The van der Waals surface area contributed by atoms with Gasteiger partial charge >= 0.3 is 0 Å². The minimum absolute atomic E-state index is 0. The van der Waals surface area contributed by atoms with Gasteiger partial charge < -0.3 is 20.4 Å². The summed E-state index contributed by atoms with van der Waals surface area (Å²) in [6.45, 7) is 5.74. The van der Waals surface area contributed by atoms with Gasteiger partial charge in [-0.15, -0.1) is 24.0 Å². The molecule has 1 fully saturated rings. The van der Waals surface area contributed by atoms with Crippen molar-refractivity contribution >= 4 is 45.9 Å². The smallest absolute Gasteiger partial charge is 0.287 e. The number of hydrogen-bond donors (Lipinski definition) is 3. The Labute approximate surface area is 190 Å². The van der Waals surface area contributed by atoms with Crippen molar-refractivity contribution < 1.29 is 17.6 Å². The van der Waals surface area contributed by atoms with Crippen LogP contribution in [-0.4, -0.2) is 69.6 Å². The van der Waals surface area contributed by atoms with Crippen LogP contribution in [0.4, 0.5) is 0 Å². The largest absolute Gasteiger partial charge is 0.459 e. The zero-order valence-corrected chi connectivity index (χ0v) is 20.4. The third-order valence-electron chi connectivity index (χ3n) is 4.78. The van der Waals surface area contributed by atoms with E-state index in [9.17, 15) is 13.2 Å². The standard InChI is InChI=1S/C18H31N5O4S.HI/c1-4-28(25,26)23-11-6-15(7-12-23)22-18(19-3)21-10-5-9-20-17(24)16-14(2)8-13-27-16;/h8,13,15H,4-7,9-12H2,1-3H3,(H,20,24)(H2,19,21,22);1H. The molecule has 9 nitrogen and oxygen atoms in total. The van der Waals surface area contributed by atoms with E-state index in [4.69, 9.17) is 4.42 Å². The lowest BCUT2D eigenvalue weighted by molar-refractivity contribution is 0.0925. The molecule has 29 heavy (non-hydrogen) atoms. The number of nitrogens with one attached hydrogen (secondary N) is 3. The first-order valence-corrected chi connectivity index (χ1v) is 11.3. The molecule has 0 unspecified atom stereocenters. The summed E-state index contributed by atoms with van der Waals surface area (Å²) in [6, 6.07) is 1.95. The normalized spacial score (nSPS) is 16.2. The van der Waals surface area contributed by atoms with Gasteiger partial charge in [-0.1, -0.05) is 0 Å². The topological polar surface area (TPSA) is 116 Å². The van der Waals surface area contributed by atoms with Crippen LogP contribution in [0.1, 0.15) is 42.3 Å². The Morgan fingerprint density at radius 3 is 2.48 bits per heavy atom. The Hall–Kier alpha value is -1.34. The molecule has 1 saturated heterocycles. The molecule has 0 saturated carbocycles. The van der Waals surface area contributed by atoms with Gasteiger partial charge in [-0.3, -0.25) is 9.79 Å². The van der Waals surface area contributed by atoms with Gasteiger partial charge in [-0.2, -0.15) is 0 Å². The van der Waals surface area contributed by atoms with Gasteiger partial charge in [0.1, 0.15) is 0 Å². The monoisotopic (exact) mass is 541 g/mol. The number of aliphatic imine (C=N–C) groups is 1. The lowest BCUT2D eigenvalue weighted by Crippen LogP contribution is -2.50. The number of carbonyl (C=O) groups excluding carboxylic acids is 1. The van der Waals surface area contributed by atoms with E-state index in [-0.39, 0.29) is 41.7 Å². The fraction of sp³-hybridized carbons (Fsp3) is 0.667. The van der Waals surface area contributed by atoms with E-state index in [0.29, 0.717) is 37.9 Å². The summed E-state index contributed by atoms with van der Waals surface area (Å²) in [4.78, 5) is 16.2. The number of hydrogen-bond acceptors (Lipinski definition) is 5. The molecule has 2 rings (SSSR count). The molecule has 3 N–H and O–H groups in total. The number of carbonyl (C=O) groups is 1. The third kappa shape index (κ3) is 7.78.